The van der Waals surface area contributed by atoms with Crippen LogP contribution in [0.4, 0.5) is 0 Å². The Hall–Kier alpha value is -2.57. The zero-order valence-corrected chi connectivity index (χ0v) is 15.2. The van der Waals surface area contributed by atoms with Crippen molar-refractivity contribution in [2.45, 2.75) is 19.9 Å². The van der Waals surface area contributed by atoms with Crippen molar-refractivity contribution in [1.82, 2.24) is 9.72 Å². The summed E-state index contributed by atoms with van der Waals surface area (Å²) < 4.78 is 6.60. The van der Waals surface area contributed by atoms with Gasteiger partial charge >= 0.3 is 5.97 Å². The zero-order valence-electron chi connectivity index (χ0n) is 13.7. The molecular formula is C18H14Cl2N2O4. The first-order valence-corrected chi connectivity index (χ1v) is 8.52. The molecule has 3 aromatic rings. The van der Waals surface area contributed by atoms with Crippen LogP contribution in [-0.4, -0.2) is 20.8 Å². The number of carboxylic acid groups (broad SMARTS) is 1. The molecule has 3 rings (SSSR count). The Morgan fingerprint density at radius 1 is 1.23 bits per heavy atom. The molecule has 0 bridgehead atoms. The third kappa shape index (κ3) is 3.38. The fraction of sp³-hybridized carbons (Fsp3) is 0.167. The molecule has 0 saturated carbocycles. The highest BCUT2D eigenvalue weighted by Gasteiger charge is 2.22. The minimum Gasteiger partial charge on any atom is -0.477 e. The monoisotopic (exact) mass is 392 g/mol. The van der Waals surface area contributed by atoms with Crippen LogP contribution in [0, 0.1) is 0 Å². The smallest absolute Gasteiger partial charge is 0.341 e. The lowest BCUT2D eigenvalue weighted by Gasteiger charge is -2.19. The van der Waals surface area contributed by atoms with Gasteiger partial charge in [0.15, 0.2) is 5.43 Å². The first-order chi connectivity index (χ1) is 12.4. The normalized spacial score (nSPS) is 10.9. The fourth-order valence-electron chi connectivity index (χ4n) is 2.87. The van der Waals surface area contributed by atoms with Gasteiger partial charge in [0.2, 0.25) is 0 Å². The van der Waals surface area contributed by atoms with E-state index in [0.29, 0.717) is 34.9 Å². The number of aromatic nitrogens is 2. The van der Waals surface area contributed by atoms with Gasteiger partial charge in [-0.1, -0.05) is 34.4 Å². The summed E-state index contributed by atoms with van der Waals surface area (Å²) in [5.74, 6) is -1.30. The van der Waals surface area contributed by atoms with E-state index < -0.39 is 11.4 Å². The lowest BCUT2D eigenvalue weighted by atomic mass is 10.0. The van der Waals surface area contributed by atoms with Gasteiger partial charge in [0, 0.05) is 36.4 Å². The van der Waals surface area contributed by atoms with Crippen LogP contribution < -0.4 is 5.43 Å². The molecule has 0 spiro atoms. The summed E-state index contributed by atoms with van der Waals surface area (Å²) in [6.07, 6.45) is 1.77. The van der Waals surface area contributed by atoms with E-state index in [1.807, 2.05) is 6.92 Å². The summed E-state index contributed by atoms with van der Waals surface area (Å²) in [5, 5.41) is 14.1. The quantitative estimate of drug-likeness (QED) is 0.705. The van der Waals surface area contributed by atoms with Gasteiger partial charge in [-0.15, -0.1) is 0 Å². The van der Waals surface area contributed by atoms with Crippen molar-refractivity contribution in [2.75, 3.05) is 0 Å². The number of pyridine rings is 1. The second kappa shape index (κ2) is 7.35. The number of carboxylic acids is 1. The van der Waals surface area contributed by atoms with E-state index in [2.05, 4.69) is 5.16 Å². The number of hydrogen-bond acceptors (Lipinski definition) is 4. The average Bonchev–Trinajstić information content (AvgIpc) is 3.09. The highest BCUT2D eigenvalue weighted by Crippen LogP contribution is 2.30. The van der Waals surface area contributed by atoms with Crippen molar-refractivity contribution in [1.29, 1.82) is 0 Å². The van der Waals surface area contributed by atoms with Gasteiger partial charge in [0.05, 0.1) is 21.4 Å². The SMILES string of the molecule is CCn1c(Cc2ccon2)cc(=O)c(C(=O)O)c1-c1ccc(Cl)c(Cl)c1. The van der Waals surface area contributed by atoms with E-state index in [1.54, 1.807) is 28.8 Å². The maximum absolute atomic E-state index is 12.5. The number of nitrogens with zero attached hydrogens (tertiary/aromatic N) is 2. The molecule has 2 heterocycles. The Labute approximate surface area is 158 Å². The zero-order chi connectivity index (χ0) is 18.8. The van der Waals surface area contributed by atoms with Gasteiger partial charge in [-0.3, -0.25) is 4.79 Å². The lowest BCUT2D eigenvalue weighted by molar-refractivity contribution is 0.0695. The minimum atomic E-state index is -1.30. The van der Waals surface area contributed by atoms with Gasteiger partial charge < -0.3 is 14.2 Å². The van der Waals surface area contributed by atoms with Crippen LogP contribution >= 0.6 is 23.2 Å². The molecule has 2 aromatic heterocycles. The van der Waals surface area contributed by atoms with Crippen molar-refractivity contribution in [3.05, 3.63) is 73.8 Å². The average molecular weight is 393 g/mol. The van der Waals surface area contributed by atoms with Gasteiger partial charge in [-0.2, -0.15) is 0 Å². The van der Waals surface area contributed by atoms with E-state index in [0.717, 1.165) is 0 Å². The number of aromatic carboxylic acids is 1. The molecule has 0 aliphatic carbocycles. The van der Waals surface area contributed by atoms with Crippen molar-refractivity contribution >= 4 is 29.2 Å². The highest BCUT2D eigenvalue weighted by molar-refractivity contribution is 6.42. The van der Waals surface area contributed by atoms with E-state index in [1.165, 1.54) is 12.3 Å². The lowest BCUT2D eigenvalue weighted by Crippen LogP contribution is -2.23. The maximum Gasteiger partial charge on any atom is 0.341 e. The van der Waals surface area contributed by atoms with Crippen molar-refractivity contribution in [3.8, 4) is 11.3 Å². The third-order valence-electron chi connectivity index (χ3n) is 3.97. The van der Waals surface area contributed by atoms with E-state index >= 15 is 0 Å². The van der Waals surface area contributed by atoms with Crippen LogP contribution in [0.2, 0.25) is 10.0 Å². The third-order valence-corrected chi connectivity index (χ3v) is 4.71. The van der Waals surface area contributed by atoms with E-state index in [4.69, 9.17) is 27.7 Å². The standard InChI is InChI=1S/C18H14Cl2N2O4/c1-2-22-12(8-11-5-6-26-21-11)9-15(23)16(18(24)25)17(22)10-3-4-13(19)14(20)7-10/h3-7,9H,2,8H2,1H3,(H,24,25). The molecule has 0 radical (unpaired) electrons. The Kier molecular flexibility index (Phi) is 5.15. The topological polar surface area (TPSA) is 85.3 Å². The molecule has 1 aromatic carbocycles. The first-order valence-electron chi connectivity index (χ1n) is 7.77. The molecular weight excluding hydrogens is 379 g/mol. The van der Waals surface area contributed by atoms with Crippen LogP contribution in [0.3, 0.4) is 0 Å². The molecule has 0 atom stereocenters. The summed E-state index contributed by atoms with van der Waals surface area (Å²) in [6.45, 7) is 2.31. The maximum atomic E-state index is 12.5. The molecule has 8 heteroatoms. The molecule has 1 N–H and O–H groups in total. The Morgan fingerprint density at radius 2 is 2.00 bits per heavy atom. The predicted molar refractivity (Wildman–Crippen MR) is 98.1 cm³/mol. The second-order valence-electron chi connectivity index (χ2n) is 5.57. The van der Waals surface area contributed by atoms with Crippen molar-refractivity contribution < 1.29 is 14.4 Å². The summed E-state index contributed by atoms with van der Waals surface area (Å²) >= 11 is 12.1. The van der Waals surface area contributed by atoms with Crippen LogP contribution in [0.1, 0.15) is 28.7 Å². The van der Waals surface area contributed by atoms with Crippen molar-refractivity contribution in [2.24, 2.45) is 0 Å². The van der Waals surface area contributed by atoms with Crippen molar-refractivity contribution in [3.63, 3.8) is 0 Å². The summed E-state index contributed by atoms with van der Waals surface area (Å²) in [7, 11) is 0. The molecule has 0 aliphatic heterocycles. The van der Waals surface area contributed by atoms with Gasteiger partial charge in [-0.05, 0) is 19.1 Å². The summed E-state index contributed by atoms with van der Waals surface area (Å²) in [5.41, 5.74) is 1.14. The summed E-state index contributed by atoms with van der Waals surface area (Å²) in [6, 6.07) is 7.77. The van der Waals surface area contributed by atoms with Crippen LogP contribution in [0.5, 0.6) is 0 Å². The molecule has 0 unspecified atom stereocenters. The molecule has 0 amide bonds. The molecule has 134 valence electrons. The number of carbonyl (C=O) groups is 1. The number of rotatable bonds is 5. The largest absolute Gasteiger partial charge is 0.477 e. The van der Waals surface area contributed by atoms with Crippen LogP contribution in [0.15, 0.2) is 45.9 Å². The number of benzene rings is 1. The Balaban J connectivity index is 2.31. The van der Waals surface area contributed by atoms with Gasteiger partial charge in [0.1, 0.15) is 11.8 Å². The molecule has 0 aliphatic rings. The molecule has 6 nitrogen and oxygen atoms in total. The number of halogens is 2. The fourth-order valence-corrected chi connectivity index (χ4v) is 3.17. The second-order valence-corrected chi connectivity index (χ2v) is 6.38. The van der Waals surface area contributed by atoms with Gasteiger partial charge in [-0.25, -0.2) is 4.79 Å². The Morgan fingerprint density at radius 3 is 2.58 bits per heavy atom. The van der Waals surface area contributed by atoms with Crippen LogP contribution in [-0.2, 0) is 13.0 Å². The van der Waals surface area contributed by atoms with Crippen LogP contribution in [0.25, 0.3) is 11.3 Å². The van der Waals surface area contributed by atoms with E-state index in [9.17, 15) is 14.7 Å². The number of hydrogen-bond donors (Lipinski definition) is 1. The predicted octanol–water partition coefficient (Wildman–Crippen LogP) is 4.12. The highest BCUT2D eigenvalue weighted by atomic mass is 35.5. The van der Waals surface area contributed by atoms with E-state index in [-0.39, 0.29) is 16.3 Å². The molecule has 26 heavy (non-hydrogen) atoms. The van der Waals surface area contributed by atoms with Gasteiger partial charge in [0.25, 0.3) is 0 Å². The minimum absolute atomic E-state index is 0.275. The Bertz CT molecular complexity index is 1030. The first kappa shape index (κ1) is 18.2. The molecule has 0 saturated heterocycles. The molecule has 0 fully saturated rings. The summed E-state index contributed by atoms with van der Waals surface area (Å²) in [4.78, 5) is 24.3.